The lowest BCUT2D eigenvalue weighted by Crippen LogP contribution is -2.06. The Morgan fingerprint density at radius 1 is 0.871 bits per heavy atom. The second kappa shape index (κ2) is 8.68. The molecule has 4 aromatic rings. The third-order valence-electron chi connectivity index (χ3n) is 5.77. The first kappa shape index (κ1) is 19.4. The van der Waals surface area contributed by atoms with Crippen molar-refractivity contribution in [2.24, 2.45) is 0 Å². The van der Waals surface area contributed by atoms with Gasteiger partial charge in [0.15, 0.2) is 0 Å². The molecule has 5 rings (SSSR count). The van der Waals surface area contributed by atoms with Crippen molar-refractivity contribution in [3.8, 4) is 22.6 Å². The van der Waals surface area contributed by atoms with Gasteiger partial charge in [-0.2, -0.15) is 0 Å². The minimum atomic E-state index is -0.260. The zero-order chi connectivity index (χ0) is 21.0. The number of hydrogen-bond acceptors (Lipinski definition) is 4. The van der Waals surface area contributed by atoms with Crippen LogP contribution in [0.3, 0.4) is 0 Å². The number of nitrogens with zero attached hydrogens (tertiary/aromatic N) is 3. The van der Waals surface area contributed by atoms with Crippen LogP contribution in [0, 0.1) is 5.82 Å². The van der Waals surface area contributed by atoms with Crippen molar-refractivity contribution in [1.82, 2.24) is 19.9 Å². The number of nitrogens with one attached hydrogen (secondary N) is 2. The lowest BCUT2D eigenvalue weighted by atomic mass is 9.89. The van der Waals surface area contributed by atoms with E-state index >= 15 is 0 Å². The van der Waals surface area contributed by atoms with Crippen molar-refractivity contribution in [2.45, 2.75) is 38.0 Å². The molecular formula is C25H24FN5. The van der Waals surface area contributed by atoms with Crippen molar-refractivity contribution in [2.75, 3.05) is 5.32 Å². The second-order valence-electron chi connectivity index (χ2n) is 7.94. The summed E-state index contributed by atoms with van der Waals surface area (Å²) in [7, 11) is 0. The van der Waals surface area contributed by atoms with Gasteiger partial charge in [0, 0.05) is 23.4 Å². The van der Waals surface area contributed by atoms with Crippen LogP contribution in [0.5, 0.6) is 0 Å². The molecule has 0 saturated heterocycles. The summed E-state index contributed by atoms with van der Waals surface area (Å²) in [5.41, 5.74) is 4.18. The van der Waals surface area contributed by atoms with Gasteiger partial charge in [0.05, 0.1) is 17.1 Å². The third-order valence-corrected chi connectivity index (χ3v) is 5.77. The molecule has 1 fully saturated rings. The van der Waals surface area contributed by atoms with E-state index in [1.54, 1.807) is 18.3 Å². The van der Waals surface area contributed by atoms with Gasteiger partial charge in [0.2, 0.25) is 5.95 Å². The average molecular weight is 414 g/mol. The van der Waals surface area contributed by atoms with Crippen LogP contribution in [0.15, 0.2) is 66.9 Å². The smallest absolute Gasteiger partial charge is 0.227 e. The predicted octanol–water partition coefficient (Wildman–Crippen LogP) is 6.46. The van der Waals surface area contributed by atoms with E-state index in [9.17, 15) is 4.39 Å². The molecule has 2 N–H and O–H groups in total. The number of aromatic nitrogens is 4. The number of benzene rings is 2. The summed E-state index contributed by atoms with van der Waals surface area (Å²) in [4.78, 5) is 17.6. The van der Waals surface area contributed by atoms with Crippen LogP contribution < -0.4 is 5.32 Å². The van der Waals surface area contributed by atoms with E-state index in [0.717, 1.165) is 47.0 Å². The summed E-state index contributed by atoms with van der Waals surface area (Å²) in [6.45, 7) is 0. The monoisotopic (exact) mass is 413 g/mol. The highest BCUT2D eigenvalue weighted by atomic mass is 19.1. The van der Waals surface area contributed by atoms with E-state index < -0.39 is 0 Å². The molecule has 0 radical (unpaired) electrons. The number of aromatic amines is 1. The topological polar surface area (TPSA) is 66.5 Å². The van der Waals surface area contributed by atoms with Gasteiger partial charge < -0.3 is 10.3 Å². The molecule has 31 heavy (non-hydrogen) atoms. The third kappa shape index (κ3) is 4.33. The van der Waals surface area contributed by atoms with Crippen molar-refractivity contribution in [3.05, 3.63) is 78.5 Å². The van der Waals surface area contributed by atoms with Crippen LogP contribution in [-0.4, -0.2) is 19.9 Å². The Morgan fingerprint density at radius 2 is 1.65 bits per heavy atom. The molecule has 0 unspecified atom stereocenters. The van der Waals surface area contributed by atoms with Crippen LogP contribution in [0.4, 0.5) is 16.0 Å². The maximum absolute atomic E-state index is 13.5. The molecule has 1 saturated carbocycles. The van der Waals surface area contributed by atoms with E-state index in [2.05, 4.69) is 15.3 Å². The summed E-state index contributed by atoms with van der Waals surface area (Å²) in [5.74, 6) is 1.67. The summed E-state index contributed by atoms with van der Waals surface area (Å²) in [6, 6.07) is 18.2. The lowest BCUT2D eigenvalue weighted by Gasteiger charge is -2.19. The van der Waals surface area contributed by atoms with E-state index in [1.807, 2.05) is 36.4 Å². The molecule has 2 heterocycles. The molecule has 0 atom stereocenters. The fourth-order valence-electron chi connectivity index (χ4n) is 4.17. The minimum absolute atomic E-state index is 0.260. The van der Waals surface area contributed by atoms with Crippen LogP contribution in [0.25, 0.3) is 22.6 Å². The fraction of sp³-hybridized carbons (Fsp3) is 0.240. The highest BCUT2D eigenvalue weighted by molar-refractivity contribution is 5.77. The Balaban J connectivity index is 1.54. The number of H-pyrrole nitrogens is 1. The summed E-state index contributed by atoms with van der Waals surface area (Å²) >= 11 is 0. The highest BCUT2D eigenvalue weighted by Gasteiger charge is 2.23. The molecule has 156 valence electrons. The van der Waals surface area contributed by atoms with Gasteiger partial charge in [-0.25, -0.2) is 19.3 Å². The van der Waals surface area contributed by atoms with Gasteiger partial charge >= 0.3 is 0 Å². The first-order valence-corrected chi connectivity index (χ1v) is 10.8. The second-order valence-corrected chi connectivity index (χ2v) is 7.94. The molecule has 1 aliphatic rings. The molecule has 2 aromatic carbocycles. The Hall–Kier alpha value is -3.54. The van der Waals surface area contributed by atoms with Crippen LogP contribution in [-0.2, 0) is 0 Å². The van der Waals surface area contributed by atoms with Gasteiger partial charge in [-0.1, -0.05) is 37.5 Å². The Kier molecular flexibility index (Phi) is 5.44. The summed E-state index contributed by atoms with van der Waals surface area (Å²) in [5, 5.41) is 3.24. The maximum atomic E-state index is 13.5. The molecule has 6 heteroatoms. The minimum Gasteiger partial charge on any atom is -0.340 e. The van der Waals surface area contributed by atoms with Crippen molar-refractivity contribution in [3.63, 3.8) is 0 Å². The first-order chi connectivity index (χ1) is 15.3. The van der Waals surface area contributed by atoms with Gasteiger partial charge in [0.25, 0.3) is 0 Å². The number of hydrogen-bond donors (Lipinski definition) is 2. The van der Waals surface area contributed by atoms with Crippen molar-refractivity contribution in [1.29, 1.82) is 0 Å². The first-order valence-electron chi connectivity index (χ1n) is 10.8. The van der Waals surface area contributed by atoms with Crippen molar-refractivity contribution >= 4 is 11.6 Å². The maximum Gasteiger partial charge on any atom is 0.227 e. The molecule has 0 spiro atoms. The van der Waals surface area contributed by atoms with Crippen LogP contribution in [0.1, 0.15) is 43.8 Å². The molecule has 1 aliphatic carbocycles. The van der Waals surface area contributed by atoms with Gasteiger partial charge in [0.1, 0.15) is 11.6 Å². The molecule has 0 aliphatic heterocycles. The van der Waals surface area contributed by atoms with Gasteiger partial charge in [-0.3, -0.25) is 0 Å². The van der Waals surface area contributed by atoms with Crippen LogP contribution in [0.2, 0.25) is 0 Å². The number of rotatable bonds is 5. The standard InChI is InChI=1S/C25H24FN5/c26-19-13-11-17(12-14-19)22-23(31-24(30-22)18-7-3-1-4-8-18)21-15-16-27-25(29-21)28-20-9-5-2-6-10-20/h2,5-6,9-16,18H,1,3-4,7-8H2,(H,30,31)(H,27,28,29). The Morgan fingerprint density at radius 3 is 2.42 bits per heavy atom. The van der Waals surface area contributed by atoms with Crippen LogP contribution >= 0.6 is 0 Å². The molecular weight excluding hydrogens is 389 g/mol. The van der Waals surface area contributed by atoms with E-state index in [0.29, 0.717) is 11.9 Å². The highest BCUT2D eigenvalue weighted by Crippen LogP contribution is 2.36. The molecule has 0 amide bonds. The number of imidazole rings is 1. The lowest BCUT2D eigenvalue weighted by molar-refractivity contribution is 0.431. The predicted molar refractivity (Wildman–Crippen MR) is 121 cm³/mol. The largest absolute Gasteiger partial charge is 0.340 e. The fourth-order valence-corrected chi connectivity index (χ4v) is 4.17. The number of halogens is 1. The van der Waals surface area contributed by atoms with E-state index in [-0.39, 0.29) is 5.82 Å². The van der Waals surface area contributed by atoms with E-state index in [1.165, 1.54) is 31.4 Å². The van der Waals surface area contributed by atoms with E-state index in [4.69, 9.17) is 9.97 Å². The Labute approximate surface area is 180 Å². The van der Waals surface area contributed by atoms with Crippen molar-refractivity contribution < 1.29 is 4.39 Å². The van der Waals surface area contributed by atoms with Gasteiger partial charge in [-0.05, 0) is 55.3 Å². The molecule has 0 bridgehead atoms. The quantitative estimate of drug-likeness (QED) is 0.394. The number of anilines is 2. The molecule has 2 aromatic heterocycles. The SMILES string of the molecule is Fc1ccc(-c2nc(C3CCCCC3)[nH]c2-c2ccnc(Nc3ccccc3)n2)cc1. The Bertz CT molecular complexity index is 1150. The van der Waals surface area contributed by atoms with Gasteiger partial charge in [-0.15, -0.1) is 0 Å². The molecule has 5 nitrogen and oxygen atoms in total. The average Bonchev–Trinajstić information content (AvgIpc) is 3.27. The normalized spacial score (nSPS) is 14.5. The summed E-state index contributed by atoms with van der Waals surface area (Å²) < 4.78 is 13.5. The summed E-state index contributed by atoms with van der Waals surface area (Å²) in [6.07, 6.45) is 7.76. The zero-order valence-electron chi connectivity index (χ0n) is 17.2. The number of para-hydroxylation sites is 1. The zero-order valence-corrected chi connectivity index (χ0v) is 17.2.